The molecule has 0 bridgehead atoms. The van der Waals surface area contributed by atoms with Crippen LogP contribution in [0.1, 0.15) is 18.5 Å². The van der Waals surface area contributed by atoms with Gasteiger partial charge in [0, 0.05) is 37.9 Å². The molecule has 1 aliphatic heterocycles. The van der Waals surface area contributed by atoms with Crippen LogP contribution in [0.2, 0.25) is 0 Å². The summed E-state index contributed by atoms with van der Waals surface area (Å²) >= 11 is 0. The highest BCUT2D eigenvalue weighted by molar-refractivity contribution is 5.89. The number of nitrogens with zero attached hydrogens (tertiary/aromatic N) is 2. The monoisotopic (exact) mass is 352 g/mol. The SMILES string of the molecule is C[C@@H](NC(=O)Nc1ccccc1)[C@H](c1ccccc1)N1CCN(C)CC1. The summed E-state index contributed by atoms with van der Waals surface area (Å²) < 4.78 is 0. The van der Waals surface area contributed by atoms with Gasteiger partial charge in [0.2, 0.25) is 0 Å². The molecule has 1 aliphatic rings. The van der Waals surface area contributed by atoms with E-state index < -0.39 is 0 Å². The molecule has 2 amide bonds. The largest absolute Gasteiger partial charge is 0.333 e. The predicted octanol–water partition coefficient (Wildman–Crippen LogP) is 3.19. The van der Waals surface area contributed by atoms with Crippen molar-refractivity contribution in [3.8, 4) is 0 Å². The molecule has 5 heteroatoms. The normalized spacial score (nSPS) is 18.1. The van der Waals surface area contributed by atoms with Crippen LogP contribution < -0.4 is 10.6 Å². The molecule has 0 radical (unpaired) electrons. The van der Waals surface area contributed by atoms with E-state index in [1.807, 2.05) is 36.4 Å². The van der Waals surface area contributed by atoms with Crippen LogP contribution in [-0.4, -0.2) is 55.1 Å². The van der Waals surface area contributed by atoms with Crippen molar-refractivity contribution in [3.63, 3.8) is 0 Å². The number of carbonyl (C=O) groups is 1. The van der Waals surface area contributed by atoms with Gasteiger partial charge in [-0.3, -0.25) is 4.90 Å². The lowest BCUT2D eigenvalue weighted by Crippen LogP contribution is -2.52. The Morgan fingerprint density at radius 2 is 1.50 bits per heavy atom. The van der Waals surface area contributed by atoms with Crippen LogP contribution in [0, 0.1) is 0 Å². The molecule has 0 spiro atoms. The fourth-order valence-corrected chi connectivity index (χ4v) is 3.54. The molecule has 26 heavy (non-hydrogen) atoms. The lowest BCUT2D eigenvalue weighted by Gasteiger charge is -2.41. The Balaban J connectivity index is 1.70. The molecule has 2 aromatic rings. The van der Waals surface area contributed by atoms with Crippen molar-refractivity contribution in [2.24, 2.45) is 0 Å². The minimum atomic E-state index is -0.168. The van der Waals surface area contributed by atoms with E-state index in [9.17, 15) is 4.79 Å². The molecule has 5 nitrogen and oxygen atoms in total. The Hall–Kier alpha value is -2.37. The molecule has 0 saturated carbocycles. The summed E-state index contributed by atoms with van der Waals surface area (Å²) in [5.74, 6) is 0. The Bertz CT molecular complexity index is 684. The molecule has 0 unspecified atom stereocenters. The number of rotatable bonds is 5. The lowest BCUT2D eigenvalue weighted by molar-refractivity contribution is 0.0954. The average molecular weight is 352 g/mol. The van der Waals surface area contributed by atoms with E-state index in [0.29, 0.717) is 0 Å². The number of amides is 2. The molecule has 1 heterocycles. The molecular formula is C21H28N4O. The standard InChI is InChI=1S/C21H28N4O/c1-17(22-21(26)23-19-11-7-4-8-12-19)20(18-9-5-3-6-10-18)25-15-13-24(2)14-16-25/h3-12,17,20H,13-16H2,1-2H3,(H2,22,23,26)/t17-,20-/m1/s1. The highest BCUT2D eigenvalue weighted by atomic mass is 16.2. The number of piperazine rings is 1. The summed E-state index contributed by atoms with van der Waals surface area (Å²) in [6, 6.07) is 20.0. The van der Waals surface area contributed by atoms with E-state index in [0.717, 1.165) is 31.9 Å². The third kappa shape index (κ3) is 4.84. The lowest BCUT2D eigenvalue weighted by atomic mass is 9.98. The third-order valence-corrected chi connectivity index (χ3v) is 4.94. The maximum absolute atomic E-state index is 12.4. The summed E-state index contributed by atoms with van der Waals surface area (Å²) in [5, 5.41) is 6.04. The second-order valence-electron chi connectivity index (χ2n) is 6.95. The Labute approximate surface area is 156 Å². The highest BCUT2D eigenvalue weighted by Crippen LogP contribution is 2.25. The van der Waals surface area contributed by atoms with Crippen LogP contribution in [0.25, 0.3) is 0 Å². The van der Waals surface area contributed by atoms with E-state index in [1.165, 1.54) is 5.56 Å². The van der Waals surface area contributed by atoms with Crippen molar-refractivity contribution in [1.29, 1.82) is 0 Å². The van der Waals surface area contributed by atoms with Crippen LogP contribution in [0.5, 0.6) is 0 Å². The zero-order valence-corrected chi connectivity index (χ0v) is 15.6. The summed E-state index contributed by atoms with van der Waals surface area (Å²) in [5.41, 5.74) is 2.04. The van der Waals surface area contributed by atoms with Gasteiger partial charge in [-0.15, -0.1) is 0 Å². The van der Waals surface area contributed by atoms with Crippen molar-refractivity contribution in [1.82, 2.24) is 15.1 Å². The molecule has 1 saturated heterocycles. The molecular weight excluding hydrogens is 324 g/mol. The van der Waals surface area contributed by atoms with Gasteiger partial charge in [0.05, 0.1) is 6.04 Å². The fourth-order valence-electron chi connectivity index (χ4n) is 3.54. The van der Waals surface area contributed by atoms with Crippen molar-refractivity contribution in [2.75, 3.05) is 38.5 Å². The molecule has 138 valence electrons. The Morgan fingerprint density at radius 3 is 2.12 bits per heavy atom. The summed E-state index contributed by atoms with van der Waals surface area (Å²) in [7, 11) is 2.16. The van der Waals surface area contributed by atoms with Gasteiger partial charge in [-0.1, -0.05) is 48.5 Å². The number of urea groups is 1. The van der Waals surface area contributed by atoms with Gasteiger partial charge in [0.25, 0.3) is 0 Å². The summed E-state index contributed by atoms with van der Waals surface area (Å²) in [6.07, 6.45) is 0. The van der Waals surface area contributed by atoms with E-state index >= 15 is 0 Å². The first-order valence-electron chi connectivity index (χ1n) is 9.23. The second-order valence-corrected chi connectivity index (χ2v) is 6.95. The zero-order chi connectivity index (χ0) is 18.4. The van der Waals surface area contributed by atoms with Gasteiger partial charge < -0.3 is 15.5 Å². The first-order valence-corrected chi connectivity index (χ1v) is 9.23. The minimum absolute atomic E-state index is 0.00971. The number of para-hydroxylation sites is 1. The van der Waals surface area contributed by atoms with Crippen LogP contribution in [0.3, 0.4) is 0 Å². The molecule has 2 atom stereocenters. The molecule has 2 aromatic carbocycles. The van der Waals surface area contributed by atoms with Gasteiger partial charge in [-0.2, -0.15) is 0 Å². The number of hydrogen-bond acceptors (Lipinski definition) is 3. The van der Waals surface area contributed by atoms with Crippen molar-refractivity contribution < 1.29 is 4.79 Å². The minimum Gasteiger partial charge on any atom is -0.333 e. The zero-order valence-electron chi connectivity index (χ0n) is 15.6. The summed E-state index contributed by atoms with van der Waals surface area (Å²) in [6.45, 7) is 6.18. The smallest absolute Gasteiger partial charge is 0.319 e. The topological polar surface area (TPSA) is 47.6 Å². The van der Waals surface area contributed by atoms with E-state index in [1.54, 1.807) is 0 Å². The van der Waals surface area contributed by atoms with Gasteiger partial charge in [0.1, 0.15) is 0 Å². The number of carbonyl (C=O) groups excluding carboxylic acids is 1. The fraction of sp³-hybridized carbons (Fsp3) is 0.381. The number of likely N-dealkylation sites (N-methyl/N-ethyl adjacent to an activating group) is 1. The Kier molecular flexibility index (Phi) is 6.26. The molecule has 0 aromatic heterocycles. The van der Waals surface area contributed by atoms with Crippen LogP contribution in [-0.2, 0) is 0 Å². The number of nitrogens with one attached hydrogen (secondary N) is 2. The van der Waals surface area contributed by atoms with Gasteiger partial charge in [0.15, 0.2) is 0 Å². The highest BCUT2D eigenvalue weighted by Gasteiger charge is 2.29. The maximum atomic E-state index is 12.4. The Morgan fingerprint density at radius 1 is 0.923 bits per heavy atom. The van der Waals surface area contributed by atoms with E-state index in [2.05, 4.69) is 58.7 Å². The maximum Gasteiger partial charge on any atom is 0.319 e. The van der Waals surface area contributed by atoms with Crippen molar-refractivity contribution in [3.05, 3.63) is 66.2 Å². The predicted molar refractivity (Wildman–Crippen MR) is 106 cm³/mol. The molecule has 0 aliphatic carbocycles. The third-order valence-electron chi connectivity index (χ3n) is 4.94. The van der Waals surface area contributed by atoms with E-state index in [-0.39, 0.29) is 18.1 Å². The van der Waals surface area contributed by atoms with Gasteiger partial charge in [-0.05, 0) is 31.7 Å². The number of anilines is 1. The van der Waals surface area contributed by atoms with Crippen LogP contribution in [0.15, 0.2) is 60.7 Å². The quantitative estimate of drug-likeness (QED) is 0.869. The van der Waals surface area contributed by atoms with Crippen molar-refractivity contribution >= 4 is 11.7 Å². The molecule has 3 rings (SSSR count). The van der Waals surface area contributed by atoms with Crippen molar-refractivity contribution in [2.45, 2.75) is 19.0 Å². The molecule has 1 fully saturated rings. The summed E-state index contributed by atoms with van der Waals surface area (Å²) in [4.78, 5) is 17.3. The first-order chi connectivity index (χ1) is 12.6. The molecule has 2 N–H and O–H groups in total. The number of hydrogen-bond donors (Lipinski definition) is 2. The van der Waals surface area contributed by atoms with Gasteiger partial charge >= 0.3 is 6.03 Å². The average Bonchev–Trinajstić information content (AvgIpc) is 2.65. The van der Waals surface area contributed by atoms with Crippen LogP contribution >= 0.6 is 0 Å². The second kappa shape index (κ2) is 8.83. The number of benzene rings is 2. The first kappa shape index (κ1) is 18.4. The van der Waals surface area contributed by atoms with Gasteiger partial charge in [-0.25, -0.2) is 4.79 Å². The van der Waals surface area contributed by atoms with E-state index in [4.69, 9.17) is 0 Å². The van der Waals surface area contributed by atoms with Crippen LogP contribution in [0.4, 0.5) is 10.5 Å².